The lowest BCUT2D eigenvalue weighted by Gasteiger charge is -2.33. The van der Waals surface area contributed by atoms with E-state index in [-0.39, 0.29) is 23.5 Å². The van der Waals surface area contributed by atoms with Gasteiger partial charge in [-0.05, 0) is 44.0 Å². The van der Waals surface area contributed by atoms with Crippen molar-refractivity contribution in [3.05, 3.63) is 64.8 Å². The van der Waals surface area contributed by atoms with Gasteiger partial charge in [0.1, 0.15) is 5.75 Å². The minimum absolute atomic E-state index is 0.0864. The van der Waals surface area contributed by atoms with E-state index >= 15 is 0 Å². The fourth-order valence-corrected chi connectivity index (χ4v) is 5.08. The number of carbonyl (C=O) groups is 1. The van der Waals surface area contributed by atoms with Gasteiger partial charge in [-0.25, -0.2) is 14.5 Å². The second-order valence-electron chi connectivity index (χ2n) is 10.0. The third-order valence-electron chi connectivity index (χ3n) is 7.27. The van der Waals surface area contributed by atoms with Gasteiger partial charge in [-0.3, -0.25) is 15.4 Å². The quantitative estimate of drug-likeness (QED) is 0.263. The number of carbonyl (C=O) groups excluding carboxylic acids is 1. The van der Waals surface area contributed by atoms with Gasteiger partial charge in [0.25, 0.3) is 5.69 Å². The van der Waals surface area contributed by atoms with E-state index in [0.29, 0.717) is 44.6 Å². The number of anilines is 2. The zero-order valence-corrected chi connectivity index (χ0v) is 22.4. The zero-order valence-electron chi connectivity index (χ0n) is 22.4. The Morgan fingerprint density at radius 1 is 1.05 bits per heavy atom. The number of rotatable bonds is 6. The number of morpholine rings is 1. The number of nitrogens with zero attached hydrogens (tertiary/aromatic N) is 6. The lowest BCUT2D eigenvalue weighted by atomic mass is 10.1. The van der Waals surface area contributed by atoms with Crippen LogP contribution in [0.2, 0.25) is 0 Å². The minimum Gasteiger partial charge on any atom is -0.410 e. The normalized spacial score (nSPS) is 17.9. The molecule has 212 valence electrons. The Morgan fingerprint density at radius 2 is 1.80 bits per heavy atom. The highest BCUT2D eigenvalue weighted by molar-refractivity contribution is 5.92. The Morgan fingerprint density at radius 3 is 2.51 bits per heavy atom. The lowest BCUT2D eigenvalue weighted by Crippen LogP contribution is -2.44. The molecule has 0 aliphatic carbocycles. The average molecular weight is 560 g/mol. The van der Waals surface area contributed by atoms with Crippen LogP contribution in [0.4, 0.5) is 22.1 Å². The van der Waals surface area contributed by atoms with Crippen molar-refractivity contribution in [2.75, 3.05) is 43.2 Å². The molecule has 2 aromatic carbocycles. The maximum atomic E-state index is 12.4. The van der Waals surface area contributed by atoms with Gasteiger partial charge >= 0.3 is 6.09 Å². The molecule has 1 atom stereocenters. The summed E-state index contributed by atoms with van der Waals surface area (Å²) in [4.78, 5) is 34.9. The second kappa shape index (κ2) is 11.5. The Kier molecular flexibility index (Phi) is 7.44. The third kappa shape index (κ3) is 5.67. The van der Waals surface area contributed by atoms with Gasteiger partial charge < -0.3 is 19.1 Å². The summed E-state index contributed by atoms with van der Waals surface area (Å²) in [5.41, 5.74) is 2.81. The van der Waals surface area contributed by atoms with Crippen molar-refractivity contribution in [3.8, 4) is 17.0 Å². The second-order valence-corrected chi connectivity index (χ2v) is 10.0. The van der Waals surface area contributed by atoms with Crippen molar-refractivity contribution in [3.63, 3.8) is 0 Å². The van der Waals surface area contributed by atoms with Crippen molar-refractivity contribution >= 4 is 34.4 Å². The van der Waals surface area contributed by atoms with E-state index in [1.807, 2.05) is 23.0 Å². The molecule has 0 saturated carbocycles. The van der Waals surface area contributed by atoms with Crippen LogP contribution in [-0.4, -0.2) is 69.8 Å². The van der Waals surface area contributed by atoms with Gasteiger partial charge in [-0.15, -0.1) is 0 Å². The Hall–Kier alpha value is -4.62. The Balaban J connectivity index is 1.27. The first-order chi connectivity index (χ1) is 20.0. The van der Waals surface area contributed by atoms with Crippen molar-refractivity contribution in [2.24, 2.45) is 0 Å². The highest BCUT2D eigenvalue weighted by Gasteiger charge is 2.26. The van der Waals surface area contributed by atoms with Crippen molar-refractivity contribution in [2.45, 2.75) is 31.8 Å². The van der Waals surface area contributed by atoms with E-state index in [9.17, 15) is 14.9 Å². The van der Waals surface area contributed by atoms with Gasteiger partial charge in [-0.2, -0.15) is 10.1 Å². The molecule has 41 heavy (non-hydrogen) atoms. The first-order valence-electron chi connectivity index (χ1n) is 13.5. The van der Waals surface area contributed by atoms with Crippen LogP contribution in [0.3, 0.4) is 0 Å². The van der Waals surface area contributed by atoms with Gasteiger partial charge in [0, 0.05) is 43.1 Å². The largest absolute Gasteiger partial charge is 0.417 e. The van der Waals surface area contributed by atoms with Crippen molar-refractivity contribution in [1.82, 2.24) is 19.7 Å². The maximum absolute atomic E-state index is 12.4. The monoisotopic (exact) mass is 559 g/mol. The summed E-state index contributed by atoms with van der Waals surface area (Å²) in [7, 11) is 0. The number of amides is 1. The molecule has 13 heteroatoms. The predicted octanol–water partition coefficient (Wildman–Crippen LogP) is 4.59. The molecule has 4 heterocycles. The molecule has 2 saturated heterocycles. The molecule has 6 rings (SSSR count). The first-order valence-corrected chi connectivity index (χ1v) is 13.5. The fraction of sp³-hybridized carbons (Fsp3) is 0.357. The highest BCUT2D eigenvalue weighted by Crippen LogP contribution is 2.33. The Bertz CT molecular complexity index is 1550. The summed E-state index contributed by atoms with van der Waals surface area (Å²) in [5.74, 6) is 0.825. The highest BCUT2D eigenvalue weighted by atomic mass is 16.6. The number of nitro groups is 1. The summed E-state index contributed by atoms with van der Waals surface area (Å²) in [5, 5.41) is 19.1. The fourth-order valence-electron chi connectivity index (χ4n) is 5.08. The number of benzene rings is 2. The van der Waals surface area contributed by atoms with E-state index in [1.54, 1.807) is 12.1 Å². The third-order valence-corrected chi connectivity index (χ3v) is 7.27. The topological polar surface area (TPSA) is 147 Å². The van der Waals surface area contributed by atoms with Crippen LogP contribution in [0, 0.1) is 10.1 Å². The number of aromatic nitrogens is 4. The van der Waals surface area contributed by atoms with Crippen LogP contribution in [-0.2, 0) is 9.47 Å². The summed E-state index contributed by atoms with van der Waals surface area (Å²) >= 11 is 0. The number of nitro benzene ring substituents is 1. The molecule has 0 spiro atoms. The summed E-state index contributed by atoms with van der Waals surface area (Å²) in [6, 6.07) is 12.9. The first kappa shape index (κ1) is 26.6. The molecule has 2 aliphatic rings. The molecule has 4 aromatic rings. The number of hydrogen-bond donors (Lipinski definition) is 1. The van der Waals surface area contributed by atoms with Crippen LogP contribution in [0.15, 0.2) is 54.7 Å². The smallest absolute Gasteiger partial charge is 0.410 e. The minimum atomic E-state index is -0.711. The SMILES string of the molecule is C[C@H]1COCCN1c1nc(-c2ccc(NC(=O)Oc3ccc([N+](=O)[O-])cc3)cc2)c2cnn(C3CCOCC3)c2n1. The van der Waals surface area contributed by atoms with Crippen molar-refractivity contribution < 1.29 is 23.9 Å². The van der Waals surface area contributed by atoms with Crippen LogP contribution in [0.1, 0.15) is 25.8 Å². The number of nitrogens with one attached hydrogen (secondary N) is 1. The summed E-state index contributed by atoms with van der Waals surface area (Å²) in [6.07, 6.45) is 2.85. The number of non-ortho nitro benzene ring substituents is 1. The molecule has 1 amide bonds. The van der Waals surface area contributed by atoms with E-state index in [2.05, 4.69) is 17.1 Å². The average Bonchev–Trinajstić information content (AvgIpc) is 3.42. The van der Waals surface area contributed by atoms with Gasteiger partial charge in [0.05, 0.1) is 47.5 Å². The van der Waals surface area contributed by atoms with Gasteiger partial charge in [0.2, 0.25) is 5.95 Å². The molecule has 2 aliphatic heterocycles. The molecule has 2 fully saturated rings. The lowest BCUT2D eigenvalue weighted by molar-refractivity contribution is -0.384. The van der Waals surface area contributed by atoms with E-state index < -0.39 is 11.0 Å². The van der Waals surface area contributed by atoms with Gasteiger partial charge in [-0.1, -0.05) is 12.1 Å². The van der Waals surface area contributed by atoms with E-state index in [0.717, 1.165) is 35.1 Å². The molecular formula is C28H29N7O6. The molecule has 2 aromatic heterocycles. The Labute approximate surface area is 235 Å². The molecule has 0 unspecified atom stereocenters. The standard InChI is InChI=1S/C28H29N7O6/c1-18-17-40-15-12-33(18)27-31-25(24-16-29-34(26(24)32-27)21-10-13-39-14-11-21)19-2-4-20(5-3-19)30-28(36)41-23-8-6-22(7-9-23)35(37)38/h2-9,16,18,21H,10-15,17H2,1H3,(H,30,36)/t18-/m0/s1. The molecule has 13 nitrogen and oxygen atoms in total. The molecular weight excluding hydrogens is 530 g/mol. The molecule has 1 N–H and O–H groups in total. The van der Waals surface area contributed by atoms with Crippen LogP contribution >= 0.6 is 0 Å². The summed E-state index contributed by atoms with van der Waals surface area (Å²) in [6.45, 7) is 5.38. The zero-order chi connectivity index (χ0) is 28.3. The van der Waals surface area contributed by atoms with Crippen molar-refractivity contribution in [1.29, 1.82) is 0 Å². The summed E-state index contributed by atoms with van der Waals surface area (Å²) < 4.78 is 18.4. The maximum Gasteiger partial charge on any atom is 0.417 e. The van der Waals surface area contributed by atoms with E-state index in [1.165, 1.54) is 24.3 Å². The van der Waals surface area contributed by atoms with Crippen LogP contribution in [0.25, 0.3) is 22.3 Å². The molecule has 0 radical (unpaired) electrons. The van der Waals surface area contributed by atoms with E-state index in [4.69, 9.17) is 29.3 Å². The number of fused-ring (bicyclic) bond motifs is 1. The van der Waals surface area contributed by atoms with Crippen LogP contribution in [0.5, 0.6) is 5.75 Å². The number of hydrogen-bond acceptors (Lipinski definition) is 10. The molecule has 0 bridgehead atoms. The van der Waals surface area contributed by atoms with Crippen LogP contribution < -0.4 is 15.0 Å². The number of ether oxygens (including phenoxy) is 3. The van der Waals surface area contributed by atoms with Gasteiger partial charge in [0.15, 0.2) is 5.65 Å². The predicted molar refractivity (Wildman–Crippen MR) is 150 cm³/mol.